The minimum Gasteiger partial charge on any atom is -0.326 e. The van der Waals surface area contributed by atoms with E-state index >= 15 is 0 Å². The predicted octanol–water partition coefficient (Wildman–Crippen LogP) is 5.25. The van der Waals surface area contributed by atoms with Gasteiger partial charge in [-0.15, -0.1) is 0 Å². The molecule has 0 fully saturated rings. The van der Waals surface area contributed by atoms with Gasteiger partial charge in [0.05, 0.1) is 22.5 Å². The van der Waals surface area contributed by atoms with E-state index in [9.17, 15) is 21.6 Å². The molecule has 0 radical (unpaired) electrons. The van der Waals surface area contributed by atoms with Crippen LogP contribution < -0.4 is 14.3 Å². The quantitative estimate of drug-likeness (QED) is 0.350. The van der Waals surface area contributed by atoms with Crippen molar-refractivity contribution >= 4 is 54.6 Å². The molecule has 0 aliphatic rings. The van der Waals surface area contributed by atoms with Crippen LogP contribution in [0.2, 0.25) is 5.02 Å². The Labute approximate surface area is 223 Å². The van der Waals surface area contributed by atoms with Gasteiger partial charge in [0.1, 0.15) is 0 Å². The van der Waals surface area contributed by atoms with Crippen LogP contribution in [0.25, 0.3) is 0 Å². The number of nitrogens with one attached hydrogen (secondary N) is 2. The number of halogens is 1. The predicted molar refractivity (Wildman–Crippen MR) is 149 cm³/mol. The van der Waals surface area contributed by atoms with Gasteiger partial charge in [-0.1, -0.05) is 35.4 Å². The van der Waals surface area contributed by atoms with Crippen LogP contribution in [0.15, 0.2) is 65.6 Å². The van der Waals surface area contributed by atoms with E-state index < -0.39 is 20.0 Å². The standard InChI is InChI=1S/C26H30ClN3O5S2/c1-18-7-14-24(20(3)16-18)29-37(34,35)23-12-10-22(11-13-23)28-26(31)6-5-15-30(36(4,32)33)25-17-21(27)9-8-19(25)2/h7-14,16-17,29H,5-6,15H2,1-4H3,(H,28,31). The zero-order valence-corrected chi connectivity index (χ0v) is 23.5. The number of anilines is 3. The first-order valence-electron chi connectivity index (χ1n) is 11.5. The van der Waals surface area contributed by atoms with Crippen molar-refractivity contribution in [2.24, 2.45) is 0 Å². The topological polar surface area (TPSA) is 113 Å². The Morgan fingerprint density at radius 1 is 0.892 bits per heavy atom. The van der Waals surface area contributed by atoms with Gasteiger partial charge in [-0.25, -0.2) is 16.8 Å². The first-order chi connectivity index (χ1) is 17.3. The molecule has 11 heteroatoms. The molecular weight excluding hydrogens is 534 g/mol. The van der Waals surface area contributed by atoms with Gasteiger partial charge in [0.2, 0.25) is 15.9 Å². The number of carbonyl (C=O) groups excluding carboxylic acids is 1. The molecule has 0 atom stereocenters. The molecule has 2 N–H and O–H groups in total. The Balaban J connectivity index is 1.60. The summed E-state index contributed by atoms with van der Waals surface area (Å²) in [6.45, 7) is 5.65. The number of hydrogen-bond acceptors (Lipinski definition) is 5. The summed E-state index contributed by atoms with van der Waals surface area (Å²) >= 11 is 6.05. The first-order valence-corrected chi connectivity index (χ1v) is 15.2. The summed E-state index contributed by atoms with van der Waals surface area (Å²) < 4.78 is 54.0. The summed E-state index contributed by atoms with van der Waals surface area (Å²) in [4.78, 5) is 12.5. The number of benzene rings is 3. The van der Waals surface area contributed by atoms with Crippen molar-refractivity contribution in [2.45, 2.75) is 38.5 Å². The van der Waals surface area contributed by atoms with Crippen LogP contribution in [0.3, 0.4) is 0 Å². The second kappa shape index (κ2) is 11.5. The van der Waals surface area contributed by atoms with Crippen molar-refractivity contribution in [1.82, 2.24) is 0 Å². The van der Waals surface area contributed by atoms with Crippen molar-refractivity contribution in [3.63, 3.8) is 0 Å². The van der Waals surface area contributed by atoms with Crippen molar-refractivity contribution in [1.29, 1.82) is 0 Å². The molecule has 198 valence electrons. The lowest BCUT2D eigenvalue weighted by Gasteiger charge is -2.24. The maximum Gasteiger partial charge on any atom is 0.261 e. The summed E-state index contributed by atoms with van der Waals surface area (Å²) in [5.41, 5.74) is 4.00. The summed E-state index contributed by atoms with van der Waals surface area (Å²) in [5.74, 6) is -0.319. The van der Waals surface area contributed by atoms with E-state index in [0.717, 1.165) is 22.9 Å². The lowest BCUT2D eigenvalue weighted by Crippen LogP contribution is -2.32. The lowest BCUT2D eigenvalue weighted by atomic mass is 10.1. The number of sulfonamides is 2. The summed E-state index contributed by atoms with van der Waals surface area (Å²) in [5, 5.41) is 3.13. The highest BCUT2D eigenvalue weighted by atomic mass is 35.5. The Morgan fingerprint density at radius 2 is 1.57 bits per heavy atom. The smallest absolute Gasteiger partial charge is 0.261 e. The molecule has 3 aromatic carbocycles. The molecular formula is C26H30ClN3O5S2. The molecule has 1 amide bonds. The molecule has 0 aliphatic carbocycles. The normalized spacial score (nSPS) is 11.7. The van der Waals surface area contributed by atoms with E-state index in [2.05, 4.69) is 10.0 Å². The van der Waals surface area contributed by atoms with E-state index in [4.69, 9.17) is 11.6 Å². The van der Waals surface area contributed by atoms with E-state index in [0.29, 0.717) is 22.1 Å². The van der Waals surface area contributed by atoms with Crippen LogP contribution in [-0.2, 0) is 24.8 Å². The maximum atomic E-state index is 12.8. The highest BCUT2D eigenvalue weighted by Gasteiger charge is 2.20. The third kappa shape index (κ3) is 7.70. The molecule has 0 spiro atoms. The van der Waals surface area contributed by atoms with E-state index in [-0.39, 0.29) is 30.2 Å². The molecule has 0 saturated carbocycles. The van der Waals surface area contributed by atoms with Crippen molar-refractivity contribution in [2.75, 3.05) is 27.1 Å². The lowest BCUT2D eigenvalue weighted by molar-refractivity contribution is -0.116. The van der Waals surface area contributed by atoms with Crippen LogP contribution in [0, 0.1) is 20.8 Å². The van der Waals surface area contributed by atoms with Gasteiger partial charge in [0.25, 0.3) is 10.0 Å². The van der Waals surface area contributed by atoms with Crippen molar-refractivity contribution in [3.8, 4) is 0 Å². The zero-order valence-electron chi connectivity index (χ0n) is 21.1. The van der Waals surface area contributed by atoms with Gasteiger partial charge in [-0.05, 0) is 80.8 Å². The number of aryl methyl sites for hydroxylation is 3. The Kier molecular flexibility index (Phi) is 8.88. The minimum atomic E-state index is -3.80. The van der Waals surface area contributed by atoms with Crippen molar-refractivity contribution in [3.05, 3.63) is 82.4 Å². The fraction of sp³-hybridized carbons (Fsp3) is 0.269. The fourth-order valence-corrected chi connectivity index (χ4v) is 6.08. The van der Waals surface area contributed by atoms with Gasteiger partial charge >= 0.3 is 0 Å². The number of amides is 1. The number of nitrogens with zero attached hydrogens (tertiary/aromatic N) is 1. The summed E-state index contributed by atoms with van der Waals surface area (Å²) in [6.07, 6.45) is 1.45. The van der Waals surface area contributed by atoms with Crippen LogP contribution in [0.1, 0.15) is 29.5 Å². The van der Waals surface area contributed by atoms with Crippen LogP contribution >= 0.6 is 11.6 Å². The molecule has 0 unspecified atom stereocenters. The highest BCUT2D eigenvalue weighted by Crippen LogP contribution is 2.27. The zero-order chi connectivity index (χ0) is 27.4. The molecule has 8 nitrogen and oxygen atoms in total. The monoisotopic (exact) mass is 563 g/mol. The Bertz CT molecular complexity index is 1510. The minimum absolute atomic E-state index is 0.0613. The summed E-state index contributed by atoms with van der Waals surface area (Å²) in [7, 11) is -7.38. The molecule has 0 heterocycles. The SMILES string of the molecule is Cc1ccc(NS(=O)(=O)c2ccc(NC(=O)CCCN(c3cc(Cl)ccc3C)S(C)(=O)=O)cc2)c(C)c1. The summed E-state index contributed by atoms with van der Waals surface area (Å²) in [6, 6.07) is 16.3. The third-order valence-corrected chi connectivity index (χ3v) is 8.48. The largest absolute Gasteiger partial charge is 0.326 e. The molecule has 0 aromatic heterocycles. The van der Waals surface area contributed by atoms with E-state index in [1.807, 2.05) is 26.0 Å². The third-order valence-electron chi connectivity index (χ3n) is 5.68. The molecule has 37 heavy (non-hydrogen) atoms. The number of hydrogen-bond donors (Lipinski definition) is 2. The number of carbonyl (C=O) groups is 1. The molecule has 0 saturated heterocycles. The maximum absolute atomic E-state index is 12.8. The van der Waals surface area contributed by atoms with Gasteiger partial charge in [0.15, 0.2) is 0 Å². The van der Waals surface area contributed by atoms with E-state index in [1.165, 1.54) is 28.6 Å². The highest BCUT2D eigenvalue weighted by molar-refractivity contribution is 7.92. The average Bonchev–Trinajstić information content (AvgIpc) is 2.80. The second-order valence-electron chi connectivity index (χ2n) is 8.87. The van der Waals surface area contributed by atoms with Crippen LogP contribution in [0.5, 0.6) is 0 Å². The molecule has 0 bridgehead atoms. The van der Waals surface area contributed by atoms with Gasteiger partial charge in [0, 0.05) is 23.7 Å². The Morgan fingerprint density at radius 3 is 2.19 bits per heavy atom. The van der Waals surface area contributed by atoms with Gasteiger partial charge in [-0.2, -0.15) is 0 Å². The van der Waals surface area contributed by atoms with Crippen LogP contribution in [-0.4, -0.2) is 35.5 Å². The van der Waals surface area contributed by atoms with Crippen molar-refractivity contribution < 1.29 is 21.6 Å². The molecule has 3 rings (SSSR count). The van der Waals surface area contributed by atoms with E-state index in [1.54, 1.807) is 31.2 Å². The first kappa shape index (κ1) is 28.5. The average molecular weight is 564 g/mol. The van der Waals surface area contributed by atoms with Gasteiger partial charge in [-0.3, -0.25) is 13.8 Å². The molecule has 3 aromatic rings. The number of rotatable bonds is 10. The van der Waals surface area contributed by atoms with Crippen LogP contribution in [0.4, 0.5) is 17.1 Å². The Hall–Kier alpha value is -3.08. The van der Waals surface area contributed by atoms with Gasteiger partial charge < -0.3 is 5.32 Å². The second-order valence-corrected chi connectivity index (χ2v) is 12.9. The molecule has 0 aliphatic heterocycles. The fourth-order valence-electron chi connectivity index (χ4n) is 3.77.